The standard InChI is InChI=1S/C27H23F2NO/c1-19-8-10-20(11-9-19)16-30-17-23(12-21-4-2-6-25(28)14-21)27(31)24(18-30)13-22-5-3-7-26(29)15-22/h2-15H,16-18H2,1H3. The third kappa shape index (κ3) is 5.41. The Labute approximate surface area is 181 Å². The van der Waals surface area contributed by atoms with Gasteiger partial charge in [-0.3, -0.25) is 9.69 Å². The summed E-state index contributed by atoms with van der Waals surface area (Å²) >= 11 is 0. The summed E-state index contributed by atoms with van der Waals surface area (Å²) in [5.74, 6) is -0.775. The Morgan fingerprint density at radius 1 is 0.806 bits per heavy atom. The lowest BCUT2D eigenvalue weighted by molar-refractivity contribution is -0.113. The summed E-state index contributed by atoms with van der Waals surface area (Å²) < 4.78 is 27.3. The van der Waals surface area contributed by atoms with Gasteiger partial charge in [0.1, 0.15) is 11.6 Å². The number of aryl methyl sites for hydroxylation is 1. The molecule has 3 aromatic rings. The number of piperidine rings is 1. The molecule has 0 spiro atoms. The number of benzene rings is 3. The Morgan fingerprint density at radius 3 is 1.81 bits per heavy atom. The van der Waals surface area contributed by atoms with E-state index in [-0.39, 0.29) is 17.4 Å². The Balaban J connectivity index is 1.68. The minimum atomic E-state index is -0.343. The largest absolute Gasteiger partial charge is 0.290 e. The maximum absolute atomic E-state index is 13.6. The molecule has 0 atom stereocenters. The van der Waals surface area contributed by atoms with Crippen molar-refractivity contribution in [1.82, 2.24) is 4.90 Å². The van der Waals surface area contributed by atoms with E-state index in [9.17, 15) is 13.6 Å². The summed E-state index contributed by atoms with van der Waals surface area (Å²) in [5, 5.41) is 0. The summed E-state index contributed by atoms with van der Waals surface area (Å²) in [6.45, 7) is 3.64. The lowest BCUT2D eigenvalue weighted by atomic mass is 9.93. The van der Waals surface area contributed by atoms with Crippen molar-refractivity contribution in [3.8, 4) is 0 Å². The van der Waals surface area contributed by atoms with E-state index >= 15 is 0 Å². The van der Waals surface area contributed by atoms with Crippen molar-refractivity contribution in [1.29, 1.82) is 0 Å². The first-order valence-electron chi connectivity index (χ1n) is 10.2. The SMILES string of the molecule is Cc1ccc(CN2CC(=Cc3cccc(F)c3)C(=O)C(=Cc3cccc(F)c3)C2)cc1. The average Bonchev–Trinajstić information content (AvgIpc) is 2.73. The maximum Gasteiger partial charge on any atom is 0.187 e. The van der Waals surface area contributed by atoms with E-state index in [4.69, 9.17) is 0 Å². The molecule has 0 unspecified atom stereocenters. The number of nitrogens with zero attached hydrogens (tertiary/aromatic N) is 1. The van der Waals surface area contributed by atoms with Gasteiger partial charge < -0.3 is 0 Å². The van der Waals surface area contributed by atoms with E-state index in [1.54, 1.807) is 36.4 Å². The first-order valence-corrected chi connectivity index (χ1v) is 10.2. The number of carbonyl (C=O) groups is 1. The Bertz CT molecular complexity index is 1090. The van der Waals surface area contributed by atoms with E-state index in [0.717, 1.165) is 5.56 Å². The third-order valence-electron chi connectivity index (χ3n) is 5.28. The number of halogens is 2. The van der Waals surface area contributed by atoms with Crippen molar-refractivity contribution in [2.24, 2.45) is 0 Å². The molecule has 1 fully saturated rings. The first kappa shape index (κ1) is 20.9. The molecular formula is C27H23F2NO. The van der Waals surface area contributed by atoms with Crippen LogP contribution in [0.15, 0.2) is 83.9 Å². The van der Waals surface area contributed by atoms with E-state index in [1.165, 1.54) is 29.8 Å². The van der Waals surface area contributed by atoms with Crippen molar-refractivity contribution >= 4 is 17.9 Å². The van der Waals surface area contributed by atoms with E-state index in [2.05, 4.69) is 29.2 Å². The number of carbonyl (C=O) groups excluding carboxylic acids is 1. The molecule has 31 heavy (non-hydrogen) atoms. The van der Waals surface area contributed by atoms with Crippen molar-refractivity contribution in [3.63, 3.8) is 0 Å². The first-order chi connectivity index (χ1) is 15.0. The fourth-order valence-electron chi connectivity index (χ4n) is 3.77. The number of likely N-dealkylation sites (tertiary alicyclic amines) is 1. The molecule has 2 nitrogen and oxygen atoms in total. The van der Waals surface area contributed by atoms with E-state index in [1.807, 2.05) is 6.92 Å². The van der Waals surface area contributed by atoms with Crippen LogP contribution in [0.3, 0.4) is 0 Å². The average molecular weight is 415 g/mol. The van der Waals surface area contributed by atoms with Crippen molar-refractivity contribution in [2.75, 3.05) is 13.1 Å². The maximum atomic E-state index is 13.6. The van der Waals surface area contributed by atoms with Crippen molar-refractivity contribution in [2.45, 2.75) is 13.5 Å². The van der Waals surface area contributed by atoms with Gasteiger partial charge in [0.05, 0.1) is 0 Å². The molecular weight excluding hydrogens is 392 g/mol. The number of rotatable bonds is 4. The van der Waals surface area contributed by atoms with Crippen molar-refractivity contribution < 1.29 is 13.6 Å². The van der Waals surface area contributed by atoms with Gasteiger partial charge in [0.15, 0.2) is 5.78 Å². The van der Waals surface area contributed by atoms with Gasteiger partial charge >= 0.3 is 0 Å². The van der Waals surface area contributed by atoms with Crippen molar-refractivity contribution in [3.05, 3.63) is 118 Å². The number of Topliss-reactive ketones (excluding diaryl/α,β-unsaturated/α-hetero) is 1. The van der Waals surface area contributed by atoms with Crippen LogP contribution in [-0.4, -0.2) is 23.8 Å². The summed E-state index contributed by atoms with van der Waals surface area (Å²) in [6, 6.07) is 20.7. The minimum absolute atomic E-state index is 0.0892. The van der Waals surface area contributed by atoms with Crippen LogP contribution >= 0.6 is 0 Å². The second kappa shape index (κ2) is 9.19. The van der Waals surface area contributed by atoms with E-state index < -0.39 is 0 Å². The highest BCUT2D eigenvalue weighted by molar-refractivity contribution is 6.14. The highest BCUT2D eigenvalue weighted by Gasteiger charge is 2.26. The monoisotopic (exact) mass is 415 g/mol. The van der Waals surface area contributed by atoms with Crippen LogP contribution in [0, 0.1) is 18.6 Å². The van der Waals surface area contributed by atoms with Gasteiger partial charge in [0.2, 0.25) is 0 Å². The van der Waals surface area contributed by atoms with Gasteiger partial charge in [-0.1, -0.05) is 54.1 Å². The molecule has 1 aliphatic heterocycles. The molecule has 3 aromatic carbocycles. The quantitative estimate of drug-likeness (QED) is 0.500. The normalized spacial score (nSPS) is 17.5. The molecule has 1 heterocycles. The summed E-state index contributed by atoms with van der Waals surface area (Å²) in [4.78, 5) is 15.4. The zero-order valence-corrected chi connectivity index (χ0v) is 17.3. The number of hydrogen-bond donors (Lipinski definition) is 0. The molecule has 0 radical (unpaired) electrons. The summed E-state index contributed by atoms with van der Waals surface area (Å²) in [5.41, 5.74) is 4.81. The molecule has 0 bridgehead atoms. The van der Waals surface area contributed by atoms with Crippen LogP contribution < -0.4 is 0 Å². The fourth-order valence-corrected chi connectivity index (χ4v) is 3.77. The summed E-state index contributed by atoms with van der Waals surface area (Å²) in [7, 11) is 0. The van der Waals surface area contributed by atoms with Crippen LogP contribution in [0.1, 0.15) is 22.3 Å². The van der Waals surface area contributed by atoms with Gasteiger partial charge in [-0.05, 0) is 60.0 Å². The number of hydrogen-bond acceptors (Lipinski definition) is 2. The van der Waals surface area contributed by atoms with Gasteiger partial charge in [0, 0.05) is 30.8 Å². The second-order valence-electron chi connectivity index (χ2n) is 7.91. The highest BCUT2D eigenvalue weighted by atomic mass is 19.1. The fraction of sp³-hybridized carbons (Fsp3) is 0.148. The van der Waals surface area contributed by atoms with Gasteiger partial charge in [0.25, 0.3) is 0 Å². The molecule has 1 aliphatic rings. The van der Waals surface area contributed by atoms with Crippen LogP contribution in [0.2, 0.25) is 0 Å². The van der Waals surface area contributed by atoms with Gasteiger partial charge in [-0.25, -0.2) is 8.78 Å². The molecule has 0 saturated carbocycles. The molecule has 0 aromatic heterocycles. The highest BCUT2D eigenvalue weighted by Crippen LogP contribution is 2.24. The predicted molar refractivity (Wildman–Crippen MR) is 120 cm³/mol. The molecule has 1 saturated heterocycles. The van der Waals surface area contributed by atoms with Crippen LogP contribution in [0.5, 0.6) is 0 Å². The van der Waals surface area contributed by atoms with Crippen LogP contribution in [0.25, 0.3) is 12.2 Å². The lowest BCUT2D eigenvalue weighted by Gasteiger charge is -2.30. The molecule has 4 rings (SSSR count). The predicted octanol–water partition coefficient (Wildman–Crippen LogP) is 5.83. The Hall–Kier alpha value is -3.37. The molecule has 156 valence electrons. The molecule has 4 heteroatoms. The zero-order chi connectivity index (χ0) is 21.8. The van der Waals surface area contributed by atoms with Gasteiger partial charge in [-0.2, -0.15) is 0 Å². The molecule has 0 aliphatic carbocycles. The summed E-state index contributed by atoms with van der Waals surface area (Å²) in [6.07, 6.45) is 3.48. The topological polar surface area (TPSA) is 20.3 Å². The zero-order valence-electron chi connectivity index (χ0n) is 17.3. The minimum Gasteiger partial charge on any atom is -0.290 e. The lowest BCUT2D eigenvalue weighted by Crippen LogP contribution is -2.37. The Kier molecular flexibility index (Phi) is 6.19. The number of ketones is 1. The van der Waals surface area contributed by atoms with E-state index in [0.29, 0.717) is 41.9 Å². The van der Waals surface area contributed by atoms with Gasteiger partial charge in [-0.15, -0.1) is 0 Å². The molecule has 0 amide bonds. The smallest absolute Gasteiger partial charge is 0.187 e. The van der Waals surface area contributed by atoms with Crippen LogP contribution in [-0.2, 0) is 11.3 Å². The Morgan fingerprint density at radius 2 is 1.32 bits per heavy atom. The molecule has 0 N–H and O–H groups in total. The second-order valence-corrected chi connectivity index (χ2v) is 7.91. The third-order valence-corrected chi connectivity index (χ3v) is 5.28. The van der Waals surface area contributed by atoms with Crippen LogP contribution in [0.4, 0.5) is 8.78 Å².